The largest absolute Gasteiger partial charge is 0.318 e. The average molecular weight is 464 g/mol. The summed E-state index contributed by atoms with van der Waals surface area (Å²) in [4.78, 5) is 26.7. The minimum absolute atomic E-state index is 0.218. The van der Waals surface area contributed by atoms with E-state index in [0.717, 1.165) is 17.5 Å². The molecule has 0 aliphatic carbocycles. The first-order chi connectivity index (χ1) is 15.8. The van der Waals surface area contributed by atoms with Crippen molar-refractivity contribution in [2.75, 3.05) is 28.1 Å². The second kappa shape index (κ2) is 9.07. The number of para-hydroxylation sites is 1. The van der Waals surface area contributed by atoms with E-state index < -0.39 is 21.8 Å². The van der Waals surface area contributed by atoms with Crippen LogP contribution in [0.1, 0.15) is 17.5 Å². The van der Waals surface area contributed by atoms with Crippen LogP contribution in [0.3, 0.4) is 0 Å². The van der Waals surface area contributed by atoms with E-state index in [2.05, 4.69) is 5.32 Å². The molecule has 3 aromatic carbocycles. The number of nitrogens with one attached hydrogen (secondary N) is 1. The van der Waals surface area contributed by atoms with Crippen molar-refractivity contribution in [1.29, 1.82) is 0 Å². The van der Waals surface area contributed by atoms with Gasteiger partial charge in [-0.15, -0.1) is 0 Å². The summed E-state index contributed by atoms with van der Waals surface area (Å²) in [7, 11) is -2.23. The fraction of sp³-hybridized carbons (Fsp3) is 0.200. The average Bonchev–Trinajstić information content (AvgIpc) is 2.83. The van der Waals surface area contributed by atoms with Gasteiger partial charge in [-0.1, -0.05) is 42.0 Å². The van der Waals surface area contributed by atoms with Gasteiger partial charge in [0.15, 0.2) is 0 Å². The molecule has 0 atom stereocenters. The van der Waals surface area contributed by atoms with Gasteiger partial charge in [0, 0.05) is 25.0 Å². The number of carbonyl (C=O) groups excluding carboxylic acids is 2. The number of hydrogen-bond acceptors (Lipinski definition) is 4. The first kappa shape index (κ1) is 22.5. The van der Waals surface area contributed by atoms with Crippen LogP contribution in [-0.2, 0) is 26.0 Å². The number of nitrogens with zero attached hydrogens (tertiary/aromatic N) is 2. The molecular weight excluding hydrogens is 438 g/mol. The van der Waals surface area contributed by atoms with Crippen molar-refractivity contribution >= 4 is 38.9 Å². The van der Waals surface area contributed by atoms with Gasteiger partial charge in [0.05, 0.1) is 10.6 Å². The molecule has 4 rings (SSSR count). The molecule has 0 fully saturated rings. The zero-order valence-electron chi connectivity index (χ0n) is 18.5. The lowest BCUT2D eigenvalue weighted by Crippen LogP contribution is -2.37. The molecule has 0 bridgehead atoms. The Morgan fingerprint density at radius 1 is 0.970 bits per heavy atom. The summed E-state index contributed by atoms with van der Waals surface area (Å²) in [5.74, 6) is -1.52. The normalized spacial score (nSPS) is 13.2. The zero-order valence-corrected chi connectivity index (χ0v) is 19.3. The van der Waals surface area contributed by atoms with Crippen molar-refractivity contribution in [3.63, 3.8) is 0 Å². The number of fused-ring (bicyclic) bond motifs is 1. The molecule has 0 aromatic heterocycles. The molecule has 3 aromatic rings. The van der Waals surface area contributed by atoms with Crippen LogP contribution in [0.5, 0.6) is 0 Å². The Balaban J connectivity index is 1.59. The van der Waals surface area contributed by atoms with Crippen LogP contribution < -0.4 is 14.5 Å². The smallest absolute Gasteiger partial charge is 0.316 e. The SMILES string of the molecule is Cc1ccc(S(=O)(=O)N2CCCc3ccc(NC(=O)C(=O)N(C)c4ccccc4)cc32)cc1. The second-order valence-electron chi connectivity index (χ2n) is 7.99. The highest BCUT2D eigenvalue weighted by molar-refractivity contribution is 7.92. The lowest BCUT2D eigenvalue weighted by atomic mass is 10.0. The third kappa shape index (κ3) is 4.61. The fourth-order valence-electron chi connectivity index (χ4n) is 3.81. The van der Waals surface area contributed by atoms with Crippen molar-refractivity contribution in [1.82, 2.24) is 0 Å². The van der Waals surface area contributed by atoms with E-state index in [4.69, 9.17) is 0 Å². The topological polar surface area (TPSA) is 86.8 Å². The number of anilines is 3. The third-order valence-corrected chi connectivity index (χ3v) is 7.50. The van der Waals surface area contributed by atoms with Crippen LogP contribution in [0, 0.1) is 6.92 Å². The number of sulfonamides is 1. The maximum Gasteiger partial charge on any atom is 0.316 e. The Morgan fingerprint density at radius 3 is 2.36 bits per heavy atom. The van der Waals surface area contributed by atoms with Crippen molar-refractivity contribution in [2.24, 2.45) is 0 Å². The predicted molar refractivity (Wildman–Crippen MR) is 129 cm³/mol. The Morgan fingerprint density at radius 2 is 1.67 bits per heavy atom. The van der Waals surface area contributed by atoms with Crippen LogP contribution >= 0.6 is 0 Å². The molecule has 0 saturated carbocycles. The molecule has 33 heavy (non-hydrogen) atoms. The van der Waals surface area contributed by atoms with Gasteiger partial charge >= 0.3 is 11.8 Å². The monoisotopic (exact) mass is 463 g/mol. The summed E-state index contributed by atoms with van der Waals surface area (Å²) in [6.07, 6.45) is 1.43. The Labute approximate surface area is 193 Å². The molecule has 1 N–H and O–H groups in total. The quantitative estimate of drug-likeness (QED) is 0.597. The van der Waals surface area contributed by atoms with Gasteiger partial charge in [-0.2, -0.15) is 0 Å². The molecule has 8 heteroatoms. The summed E-state index contributed by atoms with van der Waals surface area (Å²) in [5.41, 5.74) is 3.33. The number of likely N-dealkylation sites (N-methyl/N-ethyl adjacent to an activating group) is 1. The molecule has 0 spiro atoms. The highest BCUT2D eigenvalue weighted by atomic mass is 32.2. The van der Waals surface area contributed by atoms with Crippen LogP contribution in [0.25, 0.3) is 0 Å². The minimum atomic E-state index is -3.76. The maximum absolute atomic E-state index is 13.3. The molecule has 0 saturated heterocycles. The molecule has 1 aliphatic rings. The van der Waals surface area contributed by atoms with Crippen molar-refractivity contribution in [3.05, 3.63) is 83.9 Å². The van der Waals surface area contributed by atoms with Gasteiger partial charge < -0.3 is 10.2 Å². The molecule has 1 aliphatic heterocycles. The second-order valence-corrected chi connectivity index (χ2v) is 9.85. The molecule has 1 heterocycles. The van der Waals surface area contributed by atoms with Gasteiger partial charge in [0.25, 0.3) is 10.0 Å². The predicted octanol–water partition coefficient (Wildman–Crippen LogP) is 3.74. The van der Waals surface area contributed by atoms with Crippen molar-refractivity contribution in [3.8, 4) is 0 Å². The summed E-state index contributed by atoms with van der Waals surface area (Å²) in [6, 6.07) is 20.7. The number of carbonyl (C=O) groups is 2. The first-order valence-corrected chi connectivity index (χ1v) is 12.1. The van der Waals surface area contributed by atoms with Crippen molar-refractivity contribution in [2.45, 2.75) is 24.7 Å². The number of rotatable bonds is 4. The summed E-state index contributed by atoms with van der Waals surface area (Å²) < 4.78 is 28.0. The molecule has 0 unspecified atom stereocenters. The van der Waals surface area contributed by atoms with Gasteiger partial charge in [-0.25, -0.2) is 8.42 Å². The van der Waals surface area contributed by atoms with Gasteiger partial charge in [0.2, 0.25) is 0 Å². The van der Waals surface area contributed by atoms with E-state index in [9.17, 15) is 18.0 Å². The van der Waals surface area contributed by atoms with Crippen LogP contribution in [0.4, 0.5) is 17.1 Å². The standard InChI is InChI=1S/C25H25N3O4S/c1-18-10-14-22(15-11-18)33(31,32)28-16-6-7-19-12-13-20(17-23(19)28)26-24(29)25(30)27(2)21-8-4-3-5-9-21/h3-5,8-15,17H,6-7,16H2,1-2H3,(H,26,29). The number of aryl methyl sites for hydroxylation is 2. The van der Waals surface area contributed by atoms with Crippen molar-refractivity contribution < 1.29 is 18.0 Å². The van der Waals surface area contributed by atoms with Gasteiger partial charge in [-0.3, -0.25) is 13.9 Å². The molecule has 7 nitrogen and oxygen atoms in total. The van der Waals surface area contributed by atoms with E-state index >= 15 is 0 Å². The highest BCUT2D eigenvalue weighted by Gasteiger charge is 2.30. The van der Waals surface area contributed by atoms with Crippen LogP contribution in [0.2, 0.25) is 0 Å². The van der Waals surface area contributed by atoms with E-state index in [1.54, 1.807) is 66.7 Å². The lowest BCUT2D eigenvalue weighted by molar-refractivity contribution is -0.134. The molecule has 2 amide bonds. The maximum atomic E-state index is 13.3. The number of benzene rings is 3. The van der Waals surface area contributed by atoms with Gasteiger partial charge in [-0.05, 0) is 61.7 Å². The summed E-state index contributed by atoms with van der Waals surface area (Å²) in [6.45, 7) is 2.24. The van der Waals surface area contributed by atoms with E-state index in [1.165, 1.54) is 16.3 Å². The molecular formula is C25H25N3O4S. The number of hydrogen-bond donors (Lipinski definition) is 1. The third-order valence-electron chi connectivity index (χ3n) is 5.67. The Hall–Kier alpha value is -3.65. The zero-order chi connectivity index (χ0) is 23.6. The Kier molecular flexibility index (Phi) is 6.20. The summed E-state index contributed by atoms with van der Waals surface area (Å²) in [5, 5.41) is 2.61. The Bertz CT molecular complexity index is 1290. The molecule has 170 valence electrons. The van der Waals surface area contributed by atoms with Crippen LogP contribution in [0.15, 0.2) is 77.7 Å². The lowest BCUT2D eigenvalue weighted by Gasteiger charge is -2.31. The first-order valence-electron chi connectivity index (χ1n) is 10.6. The summed E-state index contributed by atoms with van der Waals surface area (Å²) >= 11 is 0. The van der Waals surface area contributed by atoms with Crippen LogP contribution in [-0.4, -0.2) is 33.8 Å². The number of amides is 2. The fourth-order valence-corrected chi connectivity index (χ4v) is 5.34. The minimum Gasteiger partial charge on any atom is -0.318 e. The van der Waals surface area contributed by atoms with E-state index in [0.29, 0.717) is 30.0 Å². The molecule has 0 radical (unpaired) electrons. The van der Waals surface area contributed by atoms with E-state index in [-0.39, 0.29) is 4.90 Å². The van der Waals surface area contributed by atoms with Gasteiger partial charge in [0.1, 0.15) is 0 Å². The van der Waals surface area contributed by atoms with E-state index in [1.807, 2.05) is 13.0 Å². The highest BCUT2D eigenvalue weighted by Crippen LogP contribution is 2.34.